The van der Waals surface area contributed by atoms with Crippen LogP contribution in [0.2, 0.25) is 0 Å². The summed E-state index contributed by atoms with van der Waals surface area (Å²) in [5.74, 6) is -2.55. The van der Waals surface area contributed by atoms with Gasteiger partial charge in [-0.05, 0) is 49.7 Å². The monoisotopic (exact) mass is 457 g/mol. The smallest absolute Gasteiger partial charge is 0.338 e. The van der Waals surface area contributed by atoms with E-state index in [2.05, 4.69) is 0 Å². The van der Waals surface area contributed by atoms with Crippen molar-refractivity contribution in [1.82, 2.24) is 0 Å². The molecule has 1 aliphatic rings. The third kappa shape index (κ3) is 4.28. The number of aliphatic hydroxyl groups excluding tert-OH is 1. The predicted molar refractivity (Wildman–Crippen MR) is 126 cm³/mol. The van der Waals surface area contributed by atoms with Crippen LogP contribution in [-0.2, 0) is 14.3 Å². The number of ether oxygens (including phenoxy) is 1. The Hall–Kier alpha value is -4.39. The molecule has 34 heavy (non-hydrogen) atoms. The lowest BCUT2D eigenvalue weighted by Gasteiger charge is -2.26. The SMILES string of the molecule is CC(C)OC(=O)c1cccc(N2C(=O)C(=O)/C(=C(/O)c3ccccc3)C2c2ccc(O)cc2)c1. The van der Waals surface area contributed by atoms with E-state index in [4.69, 9.17) is 4.74 Å². The second-order valence-corrected chi connectivity index (χ2v) is 8.13. The normalized spacial score (nSPS) is 17.3. The molecule has 0 aromatic heterocycles. The maximum Gasteiger partial charge on any atom is 0.338 e. The van der Waals surface area contributed by atoms with Crippen molar-refractivity contribution in [2.75, 3.05) is 4.90 Å². The first kappa shape index (κ1) is 22.8. The summed E-state index contributed by atoms with van der Waals surface area (Å²) in [6, 6.07) is 19.8. The Morgan fingerprint density at radius 2 is 1.56 bits per heavy atom. The Kier molecular flexibility index (Phi) is 6.19. The first-order valence-electron chi connectivity index (χ1n) is 10.7. The van der Waals surface area contributed by atoms with Crippen molar-refractivity contribution < 1.29 is 29.3 Å². The lowest BCUT2D eigenvalue weighted by molar-refractivity contribution is -0.132. The van der Waals surface area contributed by atoms with Crippen LogP contribution in [0.3, 0.4) is 0 Å². The van der Waals surface area contributed by atoms with E-state index < -0.39 is 23.7 Å². The predicted octanol–water partition coefficient (Wildman–Crippen LogP) is 4.58. The minimum Gasteiger partial charge on any atom is -0.508 e. The highest BCUT2D eigenvalue weighted by atomic mass is 16.5. The van der Waals surface area contributed by atoms with E-state index in [-0.39, 0.29) is 28.7 Å². The second kappa shape index (κ2) is 9.23. The van der Waals surface area contributed by atoms with Gasteiger partial charge < -0.3 is 14.9 Å². The number of carbonyl (C=O) groups excluding carboxylic acids is 3. The van der Waals surface area contributed by atoms with Crippen LogP contribution >= 0.6 is 0 Å². The van der Waals surface area contributed by atoms with E-state index in [0.29, 0.717) is 16.8 Å². The van der Waals surface area contributed by atoms with Gasteiger partial charge in [-0.15, -0.1) is 0 Å². The molecule has 7 heteroatoms. The number of Topliss-reactive ketones (excluding diaryl/α,β-unsaturated/α-hetero) is 1. The van der Waals surface area contributed by atoms with E-state index in [1.165, 1.54) is 23.1 Å². The standard InChI is InChI=1S/C27H23NO6/c1-16(2)34-27(33)19-9-6-10-20(15-19)28-23(17-11-13-21(29)14-12-17)22(25(31)26(28)32)24(30)18-7-4-3-5-8-18/h3-16,23,29-30H,1-2H3/b24-22+. The van der Waals surface area contributed by atoms with Crippen LogP contribution < -0.4 is 4.90 Å². The molecule has 1 saturated heterocycles. The van der Waals surface area contributed by atoms with Gasteiger partial charge in [0.25, 0.3) is 11.7 Å². The maximum absolute atomic E-state index is 13.2. The van der Waals surface area contributed by atoms with Gasteiger partial charge in [0, 0.05) is 11.3 Å². The number of hydrogen-bond donors (Lipinski definition) is 2. The lowest BCUT2D eigenvalue weighted by atomic mass is 9.95. The molecule has 0 saturated carbocycles. The van der Waals surface area contributed by atoms with Crippen LogP contribution in [0.25, 0.3) is 5.76 Å². The zero-order chi connectivity index (χ0) is 24.4. The average molecular weight is 457 g/mol. The molecule has 4 rings (SSSR count). The number of anilines is 1. The number of nitrogens with zero attached hydrogens (tertiary/aromatic N) is 1. The first-order valence-corrected chi connectivity index (χ1v) is 10.7. The average Bonchev–Trinajstić information content (AvgIpc) is 3.09. The number of phenolic OH excluding ortho intramolecular Hbond substituents is 1. The second-order valence-electron chi connectivity index (χ2n) is 8.13. The highest BCUT2D eigenvalue weighted by molar-refractivity contribution is 6.51. The molecule has 1 fully saturated rings. The molecular weight excluding hydrogens is 434 g/mol. The molecule has 1 aliphatic heterocycles. The van der Waals surface area contributed by atoms with E-state index in [1.807, 2.05) is 0 Å². The molecule has 1 unspecified atom stereocenters. The third-order valence-corrected chi connectivity index (χ3v) is 5.40. The van der Waals surface area contributed by atoms with Gasteiger partial charge in [0.15, 0.2) is 0 Å². The molecule has 2 N–H and O–H groups in total. The van der Waals surface area contributed by atoms with E-state index in [0.717, 1.165) is 0 Å². The number of phenols is 1. The summed E-state index contributed by atoms with van der Waals surface area (Å²) in [6.45, 7) is 3.46. The first-order chi connectivity index (χ1) is 16.3. The molecule has 1 amide bonds. The number of amides is 1. The van der Waals surface area contributed by atoms with Gasteiger partial charge in [-0.1, -0.05) is 48.5 Å². The summed E-state index contributed by atoms with van der Waals surface area (Å²) in [5, 5.41) is 20.8. The van der Waals surface area contributed by atoms with Crippen LogP contribution in [0.15, 0.2) is 84.4 Å². The van der Waals surface area contributed by atoms with Crippen molar-refractivity contribution in [3.8, 4) is 5.75 Å². The topological polar surface area (TPSA) is 104 Å². The number of carbonyl (C=O) groups is 3. The number of aromatic hydroxyl groups is 1. The molecule has 0 spiro atoms. The van der Waals surface area contributed by atoms with Crippen LogP contribution in [0, 0.1) is 0 Å². The molecule has 0 radical (unpaired) electrons. The Morgan fingerprint density at radius 1 is 0.912 bits per heavy atom. The third-order valence-electron chi connectivity index (χ3n) is 5.40. The largest absolute Gasteiger partial charge is 0.508 e. The molecule has 0 aliphatic carbocycles. The summed E-state index contributed by atoms with van der Waals surface area (Å²) in [6.07, 6.45) is -0.326. The highest BCUT2D eigenvalue weighted by Crippen LogP contribution is 2.42. The Labute approximate surface area is 196 Å². The van der Waals surface area contributed by atoms with E-state index >= 15 is 0 Å². The van der Waals surface area contributed by atoms with E-state index in [9.17, 15) is 24.6 Å². The van der Waals surface area contributed by atoms with Crippen LogP contribution in [0.5, 0.6) is 5.75 Å². The number of ketones is 1. The molecule has 0 bridgehead atoms. The molecule has 172 valence electrons. The Balaban J connectivity index is 1.88. The molecule has 1 heterocycles. The van der Waals surface area contributed by atoms with Gasteiger partial charge in [0.1, 0.15) is 11.5 Å². The number of rotatable bonds is 5. The number of hydrogen-bond acceptors (Lipinski definition) is 6. The molecular formula is C27H23NO6. The highest BCUT2D eigenvalue weighted by Gasteiger charge is 2.47. The van der Waals surface area contributed by atoms with Crippen LogP contribution in [0.4, 0.5) is 5.69 Å². The molecule has 3 aromatic carbocycles. The molecule has 1 atom stereocenters. The van der Waals surface area contributed by atoms with Gasteiger partial charge in [-0.3, -0.25) is 14.5 Å². The van der Waals surface area contributed by atoms with Gasteiger partial charge in [0.2, 0.25) is 0 Å². The maximum atomic E-state index is 13.2. The summed E-state index contributed by atoms with van der Waals surface area (Å²) >= 11 is 0. The van der Waals surface area contributed by atoms with Crippen molar-refractivity contribution >= 4 is 29.1 Å². The number of aliphatic hydroxyl groups is 1. The van der Waals surface area contributed by atoms with Crippen molar-refractivity contribution in [2.45, 2.75) is 26.0 Å². The Bertz CT molecular complexity index is 1280. The molecule has 7 nitrogen and oxygen atoms in total. The van der Waals surface area contributed by atoms with Crippen molar-refractivity contribution in [1.29, 1.82) is 0 Å². The number of esters is 1. The van der Waals surface area contributed by atoms with Gasteiger partial charge in [-0.2, -0.15) is 0 Å². The fraction of sp³-hybridized carbons (Fsp3) is 0.148. The minimum absolute atomic E-state index is 0.0159. The number of benzene rings is 3. The zero-order valence-electron chi connectivity index (χ0n) is 18.6. The van der Waals surface area contributed by atoms with Crippen molar-refractivity contribution in [3.05, 3.63) is 101 Å². The fourth-order valence-electron chi connectivity index (χ4n) is 3.89. The zero-order valence-corrected chi connectivity index (χ0v) is 18.6. The van der Waals surface area contributed by atoms with Crippen molar-refractivity contribution in [3.63, 3.8) is 0 Å². The van der Waals surface area contributed by atoms with E-state index in [1.54, 1.807) is 74.5 Å². The van der Waals surface area contributed by atoms with Gasteiger partial charge in [-0.25, -0.2) is 4.79 Å². The van der Waals surface area contributed by atoms with Gasteiger partial charge in [0.05, 0.1) is 23.3 Å². The Morgan fingerprint density at radius 3 is 2.21 bits per heavy atom. The van der Waals surface area contributed by atoms with Crippen LogP contribution in [0.1, 0.15) is 41.4 Å². The van der Waals surface area contributed by atoms with Crippen molar-refractivity contribution in [2.24, 2.45) is 0 Å². The van der Waals surface area contributed by atoms with Gasteiger partial charge >= 0.3 is 5.97 Å². The minimum atomic E-state index is -0.975. The molecule has 3 aromatic rings. The summed E-state index contributed by atoms with van der Waals surface area (Å²) in [7, 11) is 0. The summed E-state index contributed by atoms with van der Waals surface area (Å²) in [4.78, 5) is 40.1. The lowest BCUT2D eigenvalue weighted by Crippen LogP contribution is -2.29. The van der Waals surface area contributed by atoms with Crippen LogP contribution in [-0.4, -0.2) is 34.0 Å². The quantitative estimate of drug-likeness (QED) is 0.251. The fourth-order valence-corrected chi connectivity index (χ4v) is 3.89. The summed E-state index contributed by atoms with van der Waals surface area (Å²) in [5.41, 5.74) is 1.33. The summed E-state index contributed by atoms with van der Waals surface area (Å²) < 4.78 is 5.26.